The first-order chi connectivity index (χ1) is 8.81. The van der Waals surface area contributed by atoms with Gasteiger partial charge in [0.25, 0.3) is 5.71 Å². The Morgan fingerprint density at radius 1 is 1.22 bits per heavy atom. The third kappa shape index (κ3) is 3.15. The summed E-state index contributed by atoms with van der Waals surface area (Å²) in [5.74, 6) is 0.857. The van der Waals surface area contributed by atoms with Gasteiger partial charge in [-0.1, -0.05) is 0 Å². The minimum Gasteiger partial charge on any atom is -0.494 e. The number of rotatable bonds is 3. The van der Waals surface area contributed by atoms with Crippen molar-refractivity contribution in [3.05, 3.63) is 41.9 Å². The van der Waals surface area contributed by atoms with E-state index in [0.717, 1.165) is 30.0 Å². The fourth-order valence-electron chi connectivity index (χ4n) is 1.74. The van der Waals surface area contributed by atoms with Crippen LogP contribution in [0.15, 0.2) is 41.4 Å². The van der Waals surface area contributed by atoms with E-state index < -0.39 is 0 Å². The first-order valence-electron chi connectivity index (χ1n) is 6.01. The van der Waals surface area contributed by atoms with Gasteiger partial charge >= 0.3 is 0 Å². The molecule has 1 aromatic carbocycles. The summed E-state index contributed by atoms with van der Waals surface area (Å²) in [5.41, 5.74) is 11.2. The van der Waals surface area contributed by atoms with E-state index in [0.29, 0.717) is 12.3 Å². The molecule has 0 N–H and O–H groups in total. The summed E-state index contributed by atoms with van der Waals surface area (Å²) in [7, 11) is 0. The Hall–Kier alpha value is -2.19. The van der Waals surface area contributed by atoms with Gasteiger partial charge in [-0.15, -0.1) is 0 Å². The lowest BCUT2D eigenvalue weighted by Gasteiger charge is -2.05. The topological polar surface area (TPSA) is 58.0 Å². The Labute approximate surface area is 106 Å². The fraction of sp³-hybridized carbons (Fsp3) is 0.286. The zero-order valence-corrected chi connectivity index (χ0v) is 10.3. The maximum Gasteiger partial charge on any atom is 0.292 e. The van der Waals surface area contributed by atoms with Crippen LogP contribution in [0.3, 0.4) is 0 Å². The monoisotopic (exact) mass is 241 g/mol. The molecule has 92 valence electrons. The lowest BCUT2D eigenvalue weighted by atomic mass is 10.0. The van der Waals surface area contributed by atoms with Crippen molar-refractivity contribution in [2.45, 2.75) is 19.8 Å². The van der Waals surface area contributed by atoms with Crippen molar-refractivity contribution in [3.63, 3.8) is 0 Å². The van der Waals surface area contributed by atoms with Crippen molar-refractivity contribution in [1.82, 2.24) is 0 Å². The quantitative estimate of drug-likeness (QED) is 0.592. The third-order valence-electron chi connectivity index (χ3n) is 2.65. The molecule has 0 atom stereocenters. The maximum atomic E-state index is 8.63. The smallest absolute Gasteiger partial charge is 0.292 e. The van der Waals surface area contributed by atoms with Crippen molar-refractivity contribution >= 4 is 17.1 Å². The molecule has 0 heterocycles. The number of benzene rings is 1. The van der Waals surface area contributed by atoms with E-state index in [-0.39, 0.29) is 0 Å². The molecule has 0 unspecified atom stereocenters. The van der Waals surface area contributed by atoms with Crippen LogP contribution in [-0.4, -0.2) is 22.8 Å². The normalized spacial score (nSPS) is 16.7. The number of nitrogens with zero attached hydrogens (tertiary/aromatic N) is 3. The second kappa shape index (κ2) is 5.94. The number of allylic oxidation sites excluding steroid dienone is 2. The minimum atomic E-state index is 0.667. The molecule has 0 aromatic heterocycles. The van der Waals surface area contributed by atoms with Crippen LogP contribution in [0.1, 0.15) is 19.8 Å². The molecule has 0 radical (unpaired) electrons. The van der Waals surface area contributed by atoms with Gasteiger partial charge in [-0.05, 0) is 37.3 Å². The molecule has 4 heteroatoms. The van der Waals surface area contributed by atoms with Crippen LogP contribution in [0.25, 0.3) is 5.53 Å². The summed E-state index contributed by atoms with van der Waals surface area (Å²) in [6, 6.07) is 7.69. The van der Waals surface area contributed by atoms with Gasteiger partial charge in [0, 0.05) is 18.2 Å². The van der Waals surface area contributed by atoms with Gasteiger partial charge in [0.05, 0.1) is 18.7 Å². The summed E-state index contributed by atoms with van der Waals surface area (Å²) in [4.78, 5) is 7.71. The highest BCUT2D eigenvalue weighted by Gasteiger charge is 2.11. The lowest BCUT2D eigenvalue weighted by molar-refractivity contribution is -0.00621. The first-order valence-corrected chi connectivity index (χ1v) is 6.01. The van der Waals surface area contributed by atoms with Crippen LogP contribution >= 0.6 is 0 Å². The summed E-state index contributed by atoms with van der Waals surface area (Å²) in [5, 5.41) is 0. The molecule has 18 heavy (non-hydrogen) atoms. The average Bonchev–Trinajstić information content (AvgIpc) is 2.42. The van der Waals surface area contributed by atoms with Crippen molar-refractivity contribution < 1.29 is 9.53 Å². The SMILES string of the molecule is CCOc1ccc(N=C2C=CC(=[N+]=[N-])CC2)cc1. The van der Waals surface area contributed by atoms with Gasteiger partial charge in [0.1, 0.15) is 5.75 Å². The molecule has 0 fully saturated rings. The second-order valence-corrected chi connectivity index (χ2v) is 3.95. The second-order valence-electron chi connectivity index (χ2n) is 3.95. The molecule has 2 rings (SSSR count). The van der Waals surface area contributed by atoms with E-state index in [9.17, 15) is 0 Å². The largest absolute Gasteiger partial charge is 0.494 e. The van der Waals surface area contributed by atoms with Crippen molar-refractivity contribution in [3.8, 4) is 5.75 Å². The molecule has 1 aromatic rings. The highest BCUT2D eigenvalue weighted by molar-refractivity contribution is 6.07. The van der Waals surface area contributed by atoms with Crippen LogP contribution in [0, 0.1) is 0 Å². The van der Waals surface area contributed by atoms with Crippen LogP contribution in [-0.2, 0) is 0 Å². The third-order valence-corrected chi connectivity index (χ3v) is 2.65. The fourth-order valence-corrected chi connectivity index (χ4v) is 1.74. The Balaban J connectivity index is 2.11. The Kier molecular flexibility index (Phi) is 4.05. The maximum absolute atomic E-state index is 8.63. The molecule has 1 aliphatic rings. The van der Waals surface area contributed by atoms with E-state index >= 15 is 0 Å². The van der Waals surface area contributed by atoms with E-state index in [1.165, 1.54) is 0 Å². The number of aliphatic imine (C=N–C) groups is 1. The molecule has 4 nitrogen and oxygen atoms in total. The molecule has 0 amide bonds. The Bertz CT molecular complexity index is 522. The van der Waals surface area contributed by atoms with Gasteiger partial charge in [-0.2, -0.15) is 4.79 Å². The van der Waals surface area contributed by atoms with Crippen LogP contribution in [0.4, 0.5) is 5.69 Å². The Morgan fingerprint density at radius 2 is 2.00 bits per heavy atom. The molecule has 0 saturated heterocycles. The molecule has 0 aliphatic heterocycles. The van der Waals surface area contributed by atoms with Crippen LogP contribution < -0.4 is 4.74 Å². The lowest BCUT2D eigenvalue weighted by Crippen LogP contribution is -2.07. The predicted molar refractivity (Wildman–Crippen MR) is 71.7 cm³/mol. The summed E-state index contributed by atoms with van der Waals surface area (Å²) in [6.45, 7) is 2.63. The van der Waals surface area contributed by atoms with Crippen molar-refractivity contribution in [1.29, 1.82) is 0 Å². The zero-order chi connectivity index (χ0) is 12.8. The van der Waals surface area contributed by atoms with Gasteiger partial charge in [-0.3, -0.25) is 4.99 Å². The molecule has 1 aliphatic carbocycles. The van der Waals surface area contributed by atoms with Gasteiger partial charge < -0.3 is 10.3 Å². The summed E-state index contributed by atoms with van der Waals surface area (Å²) >= 11 is 0. The zero-order valence-electron chi connectivity index (χ0n) is 10.3. The van der Waals surface area contributed by atoms with Gasteiger partial charge in [0.15, 0.2) is 0 Å². The highest BCUT2D eigenvalue weighted by Crippen LogP contribution is 2.19. The number of hydrogen-bond acceptors (Lipinski definition) is 2. The molecule has 0 saturated carbocycles. The predicted octanol–water partition coefficient (Wildman–Crippen LogP) is 3.18. The van der Waals surface area contributed by atoms with Crippen LogP contribution in [0.2, 0.25) is 0 Å². The van der Waals surface area contributed by atoms with Crippen molar-refractivity contribution in [2.75, 3.05) is 6.61 Å². The minimum absolute atomic E-state index is 0.667. The van der Waals surface area contributed by atoms with E-state index in [2.05, 4.69) is 9.78 Å². The highest BCUT2D eigenvalue weighted by atomic mass is 16.5. The van der Waals surface area contributed by atoms with Crippen LogP contribution in [0.5, 0.6) is 5.75 Å². The summed E-state index contributed by atoms with van der Waals surface area (Å²) < 4.78 is 5.37. The molecule has 0 spiro atoms. The van der Waals surface area contributed by atoms with Crippen molar-refractivity contribution in [2.24, 2.45) is 4.99 Å². The van der Waals surface area contributed by atoms with E-state index in [1.807, 2.05) is 37.3 Å². The average molecular weight is 241 g/mol. The molecular weight excluding hydrogens is 226 g/mol. The van der Waals surface area contributed by atoms with E-state index in [4.69, 9.17) is 10.3 Å². The van der Waals surface area contributed by atoms with Gasteiger partial charge in [0.2, 0.25) is 0 Å². The number of ether oxygens (including phenoxy) is 1. The summed E-state index contributed by atoms with van der Waals surface area (Å²) in [6.07, 6.45) is 5.19. The first kappa shape index (κ1) is 12.3. The molecule has 0 bridgehead atoms. The number of hydrogen-bond donors (Lipinski definition) is 0. The van der Waals surface area contributed by atoms with E-state index in [1.54, 1.807) is 6.08 Å². The van der Waals surface area contributed by atoms with Gasteiger partial charge in [-0.25, -0.2) is 0 Å². The molecular formula is C14H15N3O. The standard InChI is InChI=1S/C14H15N3O/c1-2-18-14-9-7-12(8-10-14)16-11-3-5-13(17-15)6-4-11/h3,5,7-10H,2,4,6H2,1H3. The Morgan fingerprint density at radius 3 is 2.56 bits per heavy atom.